The van der Waals surface area contributed by atoms with Crippen LogP contribution in [0.4, 0.5) is 16.8 Å². The summed E-state index contributed by atoms with van der Waals surface area (Å²) < 4.78 is 1.73. The van der Waals surface area contributed by atoms with Gasteiger partial charge in [0.1, 0.15) is 17.1 Å². The Hall–Kier alpha value is -4.10. The number of carboxylic acids is 2. The zero-order chi connectivity index (χ0) is 30.9. The van der Waals surface area contributed by atoms with Crippen molar-refractivity contribution in [3.8, 4) is 0 Å². The molecule has 2 aliphatic rings. The van der Waals surface area contributed by atoms with E-state index in [0.29, 0.717) is 23.1 Å². The zero-order valence-electron chi connectivity index (χ0n) is 22.6. The monoisotopic (exact) mass is 638 g/mol. The van der Waals surface area contributed by atoms with Gasteiger partial charge in [0.05, 0.1) is 17.5 Å². The number of nitrogens with one attached hydrogen (secondary N) is 1. The van der Waals surface area contributed by atoms with E-state index >= 15 is 0 Å². The van der Waals surface area contributed by atoms with Crippen LogP contribution in [0.15, 0.2) is 33.8 Å². The number of rotatable bonds is 11. The summed E-state index contributed by atoms with van der Waals surface area (Å²) >= 11 is 3.43. The second-order valence-electron chi connectivity index (χ2n) is 9.45. The van der Waals surface area contributed by atoms with Crippen molar-refractivity contribution in [2.24, 2.45) is 5.16 Å². The number of oxime groups is 1. The minimum absolute atomic E-state index is 0.124. The van der Waals surface area contributed by atoms with Crippen molar-refractivity contribution in [3.63, 3.8) is 0 Å². The van der Waals surface area contributed by atoms with Crippen molar-refractivity contribution < 1.29 is 38.8 Å². The summed E-state index contributed by atoms with van der Waals surface area (Å²) in [4.78, 5) is 64.8. The third kappa shape index (κ3) is 6.07. The Morgan fingerprint density at radius 3 is 2.62 bits per heavy atom. The highest BCUT2D eigenvalue weighted by Crippen LogP contribution is 2.41. The van der Waals surface area contributed by atoms with Crippen molar-refractivity contribution in [3.05, 3.63) is 28.4 Å². The fraction of sp³-hybridized carbons (Fsp3) is 0.391. The molecule has 2 amide bonds. The van der Waals surface area contributed by atoms with Crippen molar-refractivity contribution in [2.45, 2.75) is 49.5 Å². The number of fused-ring (bicyclic) bond motifs is 1. The molecule has 4 rings (SSSR count). The first-order chi connectivity index (χ1) is 19.7. The first-order valence-electron chi connectivity index (χ1n) is 12.3. The number of nitrogens with zero attached hydrogens (tertiary/aromatic N) is 5. The van der Waals surface area contributed by atoms with E-state index in [0.717, 1.165) is 16.2 Å². The molecule has 0 spiro atoms. The molecule has 2 aliphatic heterocycles. The average Bonchev–Trinajstić information content (AvgIpc) is 3.35. The van der Waals surface area contributed by atoms with Gasteiger partial charge in [-0.1, -0.05) is 21.5 Å². The number of hydrogen-bond acceptors (Lipinski definition) is 14. The number of thiazole rings is 1. The Bertz CT molecular complexity index is 1520. The number of thioether (sulfide) groups is 2. The number of aliphatic carboxylic acids is 2. The Labute approximate surface area is 251 Å². The molecule has 1 saturated heterocycles. The van der Waals surface area contributed by atoms with Crippen LogP contribution in [0, 0.1) is 0 Å². The maximum absolute atomic E-state index is 13.2. The molecule has 19 heteroatoms. The van der Waals surface area contributed by atoms with E-state index in [1.807, 2.05) is 6.92 Å². The zero-order valence-corrected chi connectivity index (χ0v) is 25.0. The Kier molecular flexibility index (Phi) is 8.83. The number of β-lactam (4-membered cyclic amide) rings is 1. The molecule has 42 heavy (non-hydrogen) atoms. The van der Waals surface area contributed by atoms with E-state index in [4.69, 9.17) is 22.0 Å². The van der Waals surface area contributed by atoms with Crippen LogP contribution in [0.1, 0.15) is 25.6 Å². The number of carboxylic acid groups (broad SMARTS) is 2. The van der Waals surface area contributed by atoms with Crippen LogP contribution >= 0.6 is 34.9 Å². The van der Waals surface area contributed by atoms with Gasteiger partial charge in [-0.15, -0.1) is 11.8 Å². The van der Waals surface area contributed by atoms with Crippen LogP contribution in [-0.2, 0) is 30.6 Å². The van der Waals surface area contributed by atoms with Gasteiger partial charge in [-0.25, -0.2) is 19.1 Å². The van der Waals surface area contributed by atoms with Gasteiger partial charge in [0.25, 0.3) is 11.8 Å². The molecule has 16 nitrogen and oxygen atoms in total. The first-order valence-corrected chi connectivity index (χ1v) is 15.1. The fourth-order valence-corrected chi connectivity index (χ4v) is 7.16. The summed E-state index contributed by atoms with van der Waals surface area (Å²) in [5, 5.41) is 25.6. The summed E-state index contributed by atoms with van der Waals surface area (Å²) in [6, 6.07) is 0.453. The number of amides is 2. The van der Waals surface area contributed by atoms with Crippen LogP contribution < -0.4 is 27.1 Å². The number of nitrogen functional groups attached to an aromatic ring is 3. The molecule has 9 N–H and O–H groups in total. The molecule has 2 aromatic rings. The van der Waals surface area contributed by atoms with Crippen LogP contribution in [0.2, 0.25) is 0 Å². The Balaban J connectivity index is 1.54. The molecule has 224 valence electrons. The highest BCUT2D eigenvalue weighted by atomic mass is 32.2. The molecule has 4 heterocycles. The lowest BCUT2D eigenvalue weighted by molar-refractivity contribution is -0.719. The number of carbonyl (C=O) groups excluding carboxylic acids is 2. The van der Waals surface area contributed by atoms with E-state index < -0.39 is 40.8 Å². The quantitative estimate of drug-likeness (QED) is 0.0462. The van der Waals surface area contributed by atoms with Gasteiger partial charge in [-0.05, 0) is 38.1 Å². The van der Waals surface area contributed by atoms with Gasteiger partial charge < -0.3 is 37.6 Å². The SMILES string of the molecule is CC[n+]1c(N)cc(N)nc1SCC1=C(C(=O)O)N2C(=O)C(NC(=O)/C(=N\OC(C)(C)C(=O)O)c3cnc(N)s3)C2SC1. The number of carbonyl (C=O) groups is 4. The molecular formula is C23H28N9O7S3+. The topological polar surface area (TPSA) is 253 Å². The summed E-state index contributed by atoms with van der Waals surface area (Å²) in [7, 11) is 0. The van der Waals surface area contributed by atoms with E-state index in [9.17, 15) is 29.4 Å². The van der Waals surface area contributed by atoms with Gasteiger partial charge in [-0.2, -0.15) is 0 Å². The van der Waals surface area contributed by atoms with Crippen LogP contribution in [0.3, 0.4) is 0 Å². The van der Waals surface area contributed by atoms with Crippen LogP contribution in [0.5, 0.6) is 0 Å². The average molecular weight is 639 g/mol. The van der Waals surface area contributed by atoms with Gasteiger partial charge >= 0.3 is 17.1 Å². The number of nitrogens with two attached hydrogens (primary N) is 3. The fourth-order valence-electron chi connectivity index (χ4n) is 3.92. The molecule has 0 bridgehead atoms. The molecule has 2 aromatic heterocycles. The van der Waals surface area contributed by atoms with E-state index in [-0.39, 0.29) is 38.7 Å². The largest absolute Gasteiger partial charge is 0.478 e. The molecule has 0 radical (unpaired) electrons. The molecule has 0 saturated carbocycles. The Morgan fingerprint density at radius 1 is 1.31 bits per heavy atom. The second kappa shape index (κ2) is 12.0. The lowest BCUT2D eigenvalue weighted by atomic mass is 10.0. The van der Waals surface area contributed by atoms with Crippen molar-refractivity contribution >= 4 is 81.1 Å². The highest BCUT2D eigenvalue weighted by molar-refractivity contribution is 8.01. The molecule has 0 aromatic carbocycles. The Morgan fingerprint density at radius 2 is 2.02 bits per heavy atom. The number of hydrogen-bond donors (Lipinski definition) is 6. The standard InChI is InChI=1S/C23H27N9O7S3/c1-4-31-12(25)5-11(24)28-22(31)41-8-9-7-40-18-14(17(34)32(18)15(9)19(35)36)29-16(33)13(10-6-27-21(26)42-10)30-39-23(2,3)20(37)38/h5-6,14,18H,4,7-8H2,1-3H3,(H8,24,25,26,27,29,30,33,35,36,37,38)/p+1. The smallest absolute Gasteiger partial charge is 0.352 e. The van der Waals surface area contributed by atoms with Gasteiger partial charge in [0, 0.05) is 17.7 Å². The molecule has 2 atom stereocenters. The molecular weight excluding hydrogens is 611 g/mol. The number of anilines is 3. The normalized spacial score (nSPS) is 18.8. The lowest BCUT2D eigenvalue weighted by Gasteiger charge is -2.49. The van der Waals surface area contributed by atoms with E-state index in [1.165, 1.54) is 49.6 Å². The summed E-state index contributed by atoms with van der Waals surface area (Å²) in [5.74, 6) is -2.98. The minimum Gasteiger partial charge on any atom is -0.478 e. The molecule has 2 unspecified atom stereocenters. The molecule has 0 aliphatic carbocycles. The van der Waals surface area contributed by atoms with E-state index in [1.54, 1.807) is 4.57 Å². The second-order valence-corrected chi connectivity index (χ2v) is 12.6. The third-order valence-electron chi connectivity index (χ3n) is 6.14. The minimum atomic E-state index is -1.76. The van der Waals surface area contributed by atoms with Crippen LogP contribution in [0.25, 0.3) is 0 Å². The predicted molar refractivity (Wildman–Crippen MR) is 155 cm³/mol. The van der Waals surface area contributed by atoms with Gasteiger partial charge in [-0.3, -0.25) is 14.5 Å². The predicted octanol–water partition coefficient (Wildman–Crippen LogP) is -0.293. The lowest BCUT2D eigenvalue weighted by Crippen LogP contribution is -2.71. The number of aromatic nitrogens is 3. The van der Waals surface area contributed by atoms with Crippen LogP contribution in [-0.4, -0.2) is 83.1 Å². The van der Waals surface area contributed by atoms with Gasteiger partial charge in [0.2, 0.25) is 17.2 Å². The van der Waals surface area contributed by atoms with E-state index in [2.05, 4.69) is 20.4 Å². The first kappa shape index (κ1) is 30.8. The molecule has 1 fully saturated rings. The summed E-state index contributed by atoms with van der Waals surface area (Å²) in [6.45, 7) is 4.90. The van der Waals surface area contributed by atoms with Crippen molar-refractivity contribution in [1.82, 2.24) is 20.2 Å². The van der Waals surface area contributed by atoms with Crippen molar-refractivity contribution in [1.29, 1.82) is 0 Å². The van der Waals surface area contributed by atoms with Gasteiger partial charge in [0.15, 0.2) is 10.8 Å². The maximum atomic E-state index is 13.2. The summed E-state index contributed by atoms with van der Waals surface area (Å²) in [6.07, 6.45) is 1.26. The highest BCUT2D eigenvalue weighted by Gasteiger charge is 2.54. The van der Waals surface area contributed by atoms with Crippen molar-refractivity contribution in [2.75, 3.05) is 28.7 Å². The third-order valence-corrected chi connectivity index (χ3v) is 9.38. The summed E-state index contributed by atoms with van der Waals surface area (Å²) in [5.41, 5.74) is 15.8. The maximum Gasteiger partial charge on any atom is 0.352 e.